The lowest BCUT2D eigenvalue weighted by atomic mass is 10.1. The van der Waals surface area contributed by atoms with Crippen molar-refractivity contribution in [1.82, 2.24) is 9.13 Å². The zero-order chi connectivity index (χ0) is 26.0. The highest BCUT2D eigenvalue weighted by atomic mass is 32.1. The van der Waals surface area contributed by atoms with E-state index in [0.717, 1.165) is 16.9 Å². The predicted molar refractivity (Wildman–Crippen MR) is 144 cm³/mol. The highest BCUT2D eigenvalue weighted by molar-refractivity contribution is 7.20. The Morgan fingerprint density at radius 2 is 1.71 bits per heavy atom. The fraction of sp³-hybridized carbons (Fsp3) is 0.500. The Morgan fingerprint density at radius 1 is 1.06 bits per heavy atom. The number of benzene rings is 1. The number of nitrogens with zero attached hydrogens (tertiary/aromatic N) is 2. The van der Waals surface area contributed by atoms with Crippen LogP contribution in [0.15, 0.2) is 39.9 Å². The molecule has 0 atom stereocenters. The number of hydrogen-bond acceptors (Lipinski definition) is 6. The lowest BCUT2D eigenvalue weighted by Crippen LogP contribution is -2.44. The van der Waals surface area contributed by atoms with Gasteiger partial charge in [-0.15, -0.1) is 11.3 Å². The maximum atomic E-state index is 13.6. The van der Waals surface area contributed by atoms with Crippen LogP contribution in [0.25, 0.3) is 10.2 Å². The summed E-state index contributed by atoms with van der Waals surface area (Å²) in [5.41, 5.74) is 0.879. The van der Waals surface area contributed by atoms with Crippen LogP contribution in [0.5, 0.6) is 0 Å². The molecular weight excluding hydrogens is 480 g/mol. The van der Waals surface area contributed by atoms with Gasteiger partial charge in [-0.2, -0.15) is 0 Å². The number of aromatic nitrogens is 2. The molecule has 3 rings (SSSR count). The van der Waals surface area contributed by atoms with Crippen LogP contribution in [0.4, 0.5) is 0 Å². The molecule has 2 aromatic heterocycles. The number of carbonyl (C=O) groups is 1. The number of hydrogen-bond donors (Lipinski definition) is 0. The number of fused-ring (bicyclic) bond motifs is 1. The minimum absolute atomic E-state index is 0.0241. The van der Waals surface area contributed by atoms with Gasteiger partial charge in [0.05, 0.1) is 25.1 Å². The summed E-state index contributed by atoms with van der Waals surface area (Å²) in [6, 6.07) is 9.89. The maximum Gasteiger partial charge on any atom is 0.348 e. The SMILES string of the molecule is CCOC(=O)c1sc2c(c1C)c(=O)n(CCO[Si](C)(C)C(C)(C)C)c(=O)n2CCc1ccccc1. The molecule has 0 amide bonds. The van der Waals surface area contributed by atoms with Gasteiger partial charge in [0.25, 0.3) is 5.56 Å². The second-order valence-electron chi connectivity index (χ2n) is 10.2. The van der Waals surface area contributed by atoms with Crippen LogP contribution in [0.2, 0.25) is 18.1 Å². The second-order valence-corrected chi connectivity index (χ2v) is 16.0. The minimum Gasteiger partial charge on any atom is -0.462 e. The topological polar surface area (TPSA) is 79.5 Å². The first-order valence-electron chi connectivity index (χ1n) is 12.0. The van der Waals surface area contributed by atoms with E-state index in [1.54, 1.807) is 18.4 Å². The molecule has 2 heterocycles. The van der Waals surface area contributed by atoms with Crippen molar-refractivity contribution in [2.24, 2.45) is 0 Å². The Hall–Kier alpha value is -2.49. The molecule has 0 saturated heterocycles. The zero-order valence-electron chi connectivity index (χ0n) is 21.8. The van der Waals surface area contributed by atoms with Crippen molar-refractivity contribution in [2.45, 2.75) is 72.3 Å². The fourth-order valence-electron chi connectivity index (χ4n) is 3.67. The molecule has 0 aliphatic carbocycles. The van der Waals surface area contributed by atoms with Gasteiger partial charge in [0.15, 0.2) is 8.32 Å². The molecule has 0 aliphatic rings. The van der Waals surface area contributed by atoms with E-state index in [4.69, 9.17) is 9.16 Å². The van der Waals surface area contributed by atoms with Crippen molar-refractivity contribution in [1.29, 1.82) is 0 Å². The van der Waals surface area contributed by atoms with Crippen molar-refractivity contribution in [3.8, 4) is 0 Å². The van der Waals surface area contributed by atoms with Crippen molar-refractivity contribution < 1.29 is 14.0 Å². The molecule has 0 radical (unpaired) electrons. The van der Waals surface area contributed by atoms with Gasteiger partial charge >= 0.3 is 11.7 Å². The first kappa shape index (κ1) is 27.1. The lowest BCUT2D eigenvalue weighted by molar-refractivity contribution is 0.0531. The van der Waals surface area contributed by atoms with Gasteiger partial charge in [-0.05, 0) is 49.5 Å². The van der Waals surface area contributed by atoms with E-state index in [0.29, 0.717) is 33.6 Å². The second kappa shape index (κ2) is 10.6. The Kier molecular flexibility index (Phi) is 8.24. The molecule has 35 heavy (non-hydrogen) atoms. The number of thiophene rings is 1. The standard InChI is InChI=1S/C26H36N2O5SSi/c1-8-32-24(30)21-18(2)20-22(29)27(16-17-33-35(6,7)26(3,4)5)25(31)28(23(20)34-21)15-14-19-12-10-9-11-13-19/h9-13H,8,14-17H2,1-7H3. The fourth-order valence-corrected chi connectivity index (χ4v) is 5.92. The average Bonchev–Trinajstić information content (AvgIpc) is 3.13. The lowest BCUT2D eigenvalue weighted by Gasteiger charge is -2.36. The quantitative estimate of drug-likeness (QED) is 0.296. The molecule has 3 aromatic rings. The Labute approximate surface area is 211 Å². The van der Waals surface area contributed by atoms with Crippen molar-refractivity contribution >= 4 is 35.8 Å². The molecule has 0 N–H and O–H groups in total. The van der Waals surface area contributed by atoms with E-state index in [9.17, 15) is 14.4 Å². The summed E-state index contributed by atoms with van der Waals surface area (Å²) < 4.78 is 14.3. The Balaban J connectivity index is 2.08. The van der Waals surface area contributed by atoms with E-state index in [-0.39, 0.29) is 36.0 Å². The van der Waals surface area contributed by atoms with E-state index in [2.05, 4.69) is 33.9 Å². The third kappa shape index (κ3) is 5.68. The third-order valence-corrected chi connectivity index (χ3v) is 12.6. The highest BCUT2D eigenvalue weighted by Gasteiger charge is 2.37. The highest BCUT2D eigenvalue weighted by Crippen LogP contribution is 2.36. The predicted octanol–water partition coefficient (Wildman–Crippen LogP) is 4.97. The summed E-state index contributed by atoms with van der Waals surface area (Å²) in [4.78, 5) is 40.5. The molecule has 0 aliphatic heterocycles. The molecule has 0 fully saturated rings. The van der Waals surface area contributed by atoms with Gasteiger partial charge in [-0.25, -0.2) is 9.59 Å². The van der Waals surface area contributed by atoms with Gasteiger partial charge in [-0.1, -0.05) is 51.1 Å². The number of carbonyl (C=O) groups excluding carboxylic acids is 1. The molecule has 0 saturated carbocycles. The maximum absolute atomic E-state index is 13.6. The molecule has 1 aromatic carbocycles. The van der Waals surface area contributed by atoms with Gasteiger partial charge in [-0.3, -0.25) is 13.9 Å². The molecule has 0 unspecified atom stereocenters. The first-order valence-corrected chi connectivity index (χ1v) is 15.7. The van der Waals surface area contributed by atoms with Gasteiger partial charge < -0.3 is 9.16 Å². The van der Waals surface area contributed by atoms with Crippen LogP contribution >= 0.6 is 11.3 Å². The summed E-state index contributed by atoms with van der Waals surface area (Å²) in [5.74, 6) is -0.472. The normalized spacial score (nSPS) is 12.3. The number of aryl methyl sites for hydroxylation is 3. The number of ether oxygens (including phenoxy) is 1. The monoisotopic (exact) mass is 516 g/mol. The molecule has 190 valence electrons. The van der Waals surface area contributed by atoms with Crippen molar-refractivity contribution in [2.75, 3.05) is 13.2 Å². The van der Waals surface area contributed by atoms with Crippen LogP contribution in [0.1, 0.15) is 48.5 Å². The molecular formula is C26H36N2O5SSi. The van der Waals surface area contributed by atoms with Gasteiger partial charge in [0.1, 0.15) is 9.71 Å². The zero-order valence-corrected chi connectivity index (χ0v) is 23.6. The summed E-state index contributed by atoms with van der Waals surface area (Å²) in [6.45, 7) is 15.3. The third-order valence-electron chi connectivity index (χ3n) is 6.81. The summed E-state index contributed by atoms with van der Waals surface area (Å²) >= 11 is 1.15. The average molecular weight is 517 g/mol. The van der Waals surface area contributed by atoms with Crippen LogP contribution < -0.4 is 11.2 Å². The van der Waals surface area contributed by atoms with Gasteiger partial charge in [0.2, 0.25) is 0 Å². The summed E-state index contributed by atoms with van der Waals surface area (Å²) in [6.07, 6.45) is 0.625. The van der Waals surface area contributed by atoms with E-state index >= 15 is 0 Å². The van der Waals surface area contributed by atoms with E-state index in [1.807, 2.05) is 30.3 Å². The number of esters is 1. The molecule has 9 heteroatoms. The van der Waals surface area contributed by atoms with Crippen LogP contribution in [0.3, 0.4) is 0 Å². The van der Waals surface area contributed by atoms with Crippen LogP contribution in [0, 0.1) is 6.92 Å². The van der Waals surface area contributed by atoms with E-state index < -0.39 is 14.3 Å². The minimum atomic E-state index is -2.03. The number of rotatable bonds is 9. The summed E-state index contributed by atoms with van der Waals surface area (Å²) in [7, 11) is -2.03. The van der Waals surface area contributed by atoms with Gasteiger partial charge in [0, 0.05) is 6.54 Å². The molecule has 0 spiro atoms. The largest absolute Gasteiger partial charge is 0.462 e. The Morgan fingerprint density at radius 3 is 2.31 bits per heavy atom. The van der Waals surface area contributed by atoms with Crippen LogP contribution in [-0.4, -0.2) is 36.6 Å². The Bertz CT molecular complexity index is 1320. The van der Waals surface area contributed by atoms with Crippen molar-refractivity contribution in [3.05, 3.63) is 67.2 Å². The van der Waals surface area contributed by atoms with Crippen molar-refractivity contribution in [3.63, 3.8) is 0 Å². The first-order chi connectivity index (χ1) is 16.4. The molecule has 7 nitrogen and oxygen atoms in total. The van der Waals surface area contributed by atoms with Crippen LogP contribution in [-0.2, 0) is 28.7 Å². The smallest absolute Gasteiger partial charge is 0.348 e. The molecule has 0 bridgehead atoms. The van der Waals surface area contributed by atoms with E-state index in [1.165, 1.54) is 4.57 Å². The summed E-state index contributed by atoms with van der Waals surface area (Å²) in [5, 5.41) is 0.425.